The van der Waals surface area contributed by atoms with E-state index in [0.717, 1.165) is 11.1 Å². The molecule has 1 N–H and O–H groups in total. The zero-order valence-electron chi connectivity index (χ0n) is 11.5. The van der Waals surface area contributed by atoms with Crippen LogP contribution in [0.2, 0.25) is 0 Å². The second-order valence-corrected chi connectivity index (χ2v) is 4.84. The Morgan fingerprint density at radius 1 is 1.40 bits per heavy atom. The average molecular weight is 275 g/mol. The molecule has 1 heterocycles. The van der Waals surface area contributed by atoms with Gasteiger partial charge in [-0.2, -0.15) is 0 Å². The number of nitro groups is 1. The molecule has 1 aromatic heterocycles. The van der Waals surface area contributed by atoms with E-state index in [1.807, 2.05) is 11.9 Å². The number of nitrogens with zero attached hydrogens (tertiary/aromatic N) is 3. The average Bonchev–Trinajstić information content (AvgIpc) is 2.43. The van der Waals surface area contributed by atoms with Crippen molar-refractivity contribution >= 4 is 22.1 Å². The highest BCUT2D eigenvalue weighted by atomic mass is 16.6. The molecule has 0 saturated carbocycles. The van der Waals surface area contributed by atoms with Crippen LogP contribution in [0.3, 0.4) is 0 Å². The lowest BCUT2D eigenvalue weighted by molar-refractivity contribution is -0.383. The van der Waals surface area contributed by atoms with E-state index in [1.54, 1.807) is 31.5 Å². The van der Waals surface area contributed by atoms with Crippen molar-refractivity contribution in [1.29, 1.82) is 0 Å². The summed E-state index contributed by atoms with van der Waals surface area (Å²) in [5.74, 6) is 0. The maximum atomic E-state index is 11.0. The van der Waals surface area contributed by atoms with Gasteiger partial charge in [0.25, 0.3) is 5.69 Å². The molecular weight excluding hydrogens is 258 g/mol. The Morgan fingerprint density at radius 2 is 2.15 bits per heavy atom. The Morgan fingerprint density at radius 3 is 2.80 bits per heavy atom. The molecule has 0 aliphatic heterocycles. The largest absolute Gasteiger partial charge is 0.393 e. The fraction of sp³-hybridized carbons (Fsp3) is 0.357. The van der Waals surface area contributed by atoms with Gasteiger partial charge in [0, 0.05) is 43.1 Å². The highest BCUT2D eigenvalue weighted by Gasteiger charge is 2.16. The Balaban J connectivity index is 2.45. The van der Waals surface area contributed by atoms with E-state index in [0.29, 0.717) is 18.4 Å². The van der Waals surface area contributed by atoms with Gasteiger partial charge in [-0.3, -0.25) is 15.1 Å². The van der Waals surface area contributed by atoms with Gasteiger partial charge in [-0.05, 0) is 25.5 Å². The second-order valence-electron chi connectivity index (χ2n) is 4.84. The second kappa shape index (κ2) is 5.83. The van der Waals surface area contributed by atoms with Crippen molar-refractivity contribution in [3.05, 3.63) is 40.7 Å². The molecule has 20 heavy (non-hydrogen) atoms. The Kier molecular flexibility index (Phi) is 4.14. The summed E-state index contributed by atoms with van der Waals surface area (Å²) in [6.45, 7) is 2.41. The molecule has 0 amide bonds. The van der Waals surface area contributed by atoms with Crippen LogP contribution in [0.5, 0.6) is 0 Å². The monoisotopic (exact) mass is 275 g/mol. The molecule has 2 rings (SSSR count). The maximum absolute atomic E-state index is 11.0. The Labute approximate surface area is 116 Å². The van der Waals surface area contributed by atoms with E-state index in [4.69, 9.17) is 0 Å². The van der Waals surface area contributed by atoms with Gasteiger partial charge in [-0.15, -0.1) is 0 Å². The molecule has 0 fully saturated rings. The topological polar surface area (TPSA) is 79.5 Å². The quantitative estimate of drug-likeness (QED) is 0.669. The summed E-state index contributed by atoms with van der Waals surface area (Å²) >= 11 is 0. The highest BCUT2D eigenvalue weighted by Crippen LogP contribution is 2.32. The number of hydrogen-bond donors (Lipinski definition) is 1. The summed E-state index contributed by atoms with van der Waals surface area (Å²) < 4.78 is 0. The Bertz CT molecular complexity index is 628. The number of aromatic nitrogens is 1. The van der Waals surface area contributed by atoms with Crippen LogP contribution in [-0.2, 0) is 0 Å². The van der Waals surface area contributed by atoms with Crippen molar-refractivity contribution in [3.8, 4) is 0 Å². The van der Waals surface area contributed by atoms with Crippen LogP contribution in [0.15, 0.2) is 30.6 Å². The SMILES string of the molecule is CC(O)CCN(C)c1ccc([N+](=O)[O-])c2ccncc12. The lowest BCUT2D eigenvalue weighted by Gasteiger charge is -2.21. The number of aliphatic hydroxyl groups is 1. The van der Waals surface area contributed by atoms with Gasteiger partial charge in [-0.25, -0.2) is 0 Å². The third kappa shape index (κ3) is 2.85. The third-order valence-electron chi connectivity index (χ3n) is 3.26. The number of aliphatic hydroxyl groups excluding tert-OH is 1. The van der Waals surface area contributed by atoms with Crippen LogP contribution < -0.4 is 4.90 Å². The summed E-state index contributed by atoms with van der Waals surface area (Å²) in [6, 6.07) is 4.89. The summed E-state index contributed by atoms with van der Waals surface area (Å²) in [7, 11) is 1.90. The minimum Gasteiger partial charge on any atom is -0.393 e. The molecule has 0 radical (unpaired) electrons. The van der Waals surface area contributed by atoms with Crippen LogP contribution >= 0.6 is 0 Å². The fourth-order valence-electron chi connectivity index (χ4n) is 2.15. The molecule has 106 valence electrons. The van der Waals surface area contributed by atoms with E-state index in [9.17, 15) is 15.2 Å². The summed E-state index contributed by atoms with van der Waals surface area (Å²) in [6.07, 6.45) is 3.45. The van der Waals surface area contributed by atoms with E-state index < -0.39 is 0 Å². The number of rotatable bonds is 5. The molecule has 6 heteroatoms. The number of nitro benzene ring substituents is 1. The number of anilines is 1. The molecule has 1 atom stereocenters. The van der Waals surface area contributed by atoms with E-state index in [1.165, 1.54) is 6.07 Å². The van der Waals surface area contributed by atoms with Crippen LogP contribution in [0.25, 0.3) is 10.8 Å². The molecule has 0 saturated heterocycles. The van der Waals surface area contributed by atoms with E-state index in [2.05, 4.69) is 4.98 Å². The number of pyridine rings is 1. The molecule has 0 bridgehead atoms. The summed E-state index contributed by atoms with van der Waals surface area (Å²) in [5, 5.41) is 21.7. The van der Waals surface area contributed by atoms with Gasteiger partial charge < -0.3 is 10.0 Å². The van der Waals surface area contributed by atoms with E-state index >= 15 is 0 Å². The molecule has 2 aromatic rings. The van der Waals surface area contributed by atoms with Gasteiger partial charge in [-0.1, -0.05) is 0 Å². The van der Waals surface area contributed by atoms with Gasteiger partial charge in [0.1, 0.15) is 0 Å². The summed E-state index contributed by atoms with van der Waals surface area (Å²) in [4.78, 5) is 16.7. The van der Waals surface area contributed by atoms with Crippen molar-refractivity contribution in [3.63, 3.8) is 0 Å². The first kappa shape index (κ1) is 14.2. The number of benzene rings is 1. The smallest absolute Gasteiger partial charge is 0.277 e. The van der Waals surface area contributed by atoms with Crippen molar-refractivity contribution in [2.24, 2.45) is 0 Å². The number of hydrogen-bond acceptors (Lipinski definition) is 5. The predicted molar refractivity (Wildman–Crippen MR) is 78.0 cm³/mol. The van der Waals surface area contributed by atoms with Crippen LogP contribution in [-0.4, -0.2) is 34.7 Å². The number of non-ortho nitro benzene ring substituents is 1. The first-order valence-corrected chi connectivity index (χ1v) is 6.41. The predicted octanol–water partition coefficient (Wildman–Crippen LogP) is 2.35. The van der Waals surface area contributed by atoms with Gasteiger partial charge in [0.15, 0.2) is 0 Å². The lowest BCUT2D eigenvalue weighted by atomic mass is 10.1. The van der Waals surface area contributed by atoms with Crippen molar-refractivity contribution in [2.75, 3.05) is 18.5 Å². The van der Waals surface area contributed by atoms with Crippen LogP contribution in [0.1, 0.15) is 13.3 Å². The van der Waals surface area contributed by atoms with Crippen LogP contribution in [0, 0.1) is 10.1 Å². The van der Waals surface area contributed by atoms with E-state index in [-0.39, 0.29) is 16.7 Å². The van der Waals surface area contributed by atoms with Crippen molar-refractivity contribution in [2.45, 2.75) is 19.4 Å². The van der Waals surface area contributed by atoms with Gasteiger partial charge >= 0.3 is 0 Å². The molecule has 0 spiro atoms. The highest BCUT2D eigenvalue weighted by molar-refractivity contribution is 5.99. The minimum atomic E-state index is -0.387. The van der Waals surface area contributed by atoms with Crippen molar-refractivity contribution in [1.82, 2.24) is 4.98 Å². The molecule has 1 unspecified atom stereocenters. The molecule has 1 aromatic carbocycles. The first-order valence-electron chi connectivity index (χ1n) is 6.41. The maximum Gasteiger partial charge on any atom is 0.277 e. The normalized spacial score (nSPS) is 12.3. The minimum absolute atomic E-state index is 0.0788. The Hall–Kier alpha value is -2.21. The number of fused-ring (bicyclic) bond motifs is 1. The molecule has 0 aliphatic rings. The first-order chi connectivity index (χ1) is 9.50. The van der Waals surface area contributed by atoms with Crippen LogP contribution in [0.4, 0.5) is 11.4 Å². The zero-order chi connectivity index (χ0) is 14.7. The third-order valence-corrected chi connectivity index (χ3v) is 3.26. The lowest BCUT2D eigenvalue weighted by Crippen LogP contribution is -2.22. The molecular formula is C14H17N3O3. The van der Waals surface area contributed by atoms with Gasteiger partial charge in [0.05, 0.1) is 16.4 Å². The summed E-state index contributed by atoms with van der Waals surface area (Å²) in [5.41, 5.74) is 0.953. The van der Waals surface area contributed by atoms with Crippen molar-refractivity contribution < 1.29 is 10.0 Å². The zero-order valence-corrected chi connectivity index (χ0v) is 11.5. The molecule has 6 nitrogen and oxygen atoms in total. The molecule has 0 aliphatic carbocycles. The van der Waals surface area contributed by atoms with Gasteiger partial charge in [0.2, 0.25) is 0 Å². The fourth-order valence-corrected chi connectivity index (χ4v) is 2.15. The standard InChI is InChI=1S/C14H17N3O3/c1-10(18)6-8-16(2)13-3-4-14(17(19)20)11-5-7-15-9-12(11)13/h3-5,7,9-10,18H,6,8H2,1-2H3.